The van der Waals surface area contributed by atoms with E-state index in [2.05, 4.69) is 25.3 Å². The minimum Gasteiger partial charge on any atom is -0.315 e. The minimum atomic E-state index is 0.169. The van der Waals surface area contributed by atoms with Crippen molar-refractivity contribution in [1.82, 2.24) is 15.0 Å². The second-order valence-electron chi connectivity index (χ2n) is 9.91. The fraction of sp³-hybridized carbons (Fsp3) is 0.815. The molecule has 0 bridgehead atoms. The fourth-order valence-corrected chi connectivity index (χ4v) is 4.79. The number of nitrogens with zero attached hydrogens (tertiary/aromatic N) is 5. The molecule has 0 unspecified atom stereocenters. The zero-order chi connectivity index (χ0) is 23.5. The fourth-order valence-electron chi connectivity index (χ4n) is 4.79. The zero-order valence-corrected chi connectivity index (χ0v) is 21.2. The molecule has 0 aliphatic heterocycles. The topological polar surface area (TPSA) is 81.9 Å². The maximum atomic E-state index is 5.59. The number of rotatable bonds is 4. The van der Waals surface area contributed by atoms with Crippen molar-refractivity contribution in [3.05, 3.63) is 6.33 Å². The third-order valence-corrected chi connectivity index (χ3v) is 6.90. The van der Waals surface area contributed by atoms with Crippen LogP contribution in [0, 0.1) is 0 Å². The van der Waals surface area contributed by atoms with Crippen LogP contribution in [-0.2, 0) is 0 Å². The van der Waals surface area contributed by atoms with Gasteiger partial charge in [-0.25, -0.2) is 0 Å². The van der Waals surface area contributed by atoms with E-state index in [-0.39, 0.29) is 12.0 Å². The summed E-state index contributed by atoms with van der Waals surface area (Å²) in [7, 11) is 0. The van der Waals surface area contributed by atoms with Crippen LogP contribution in [0.4, 0.5) is 0 Å². The lowest BCUT2D eigenvalue weighted by Crippen LogP contribution is -2.05. The quantitative estimate of drug-likeness (QED) is 0.416. The van der Waals surface area contributed by atoms with E-state index >= 15 is 0 Å². The van der Waals surface area contributed by atoms with Gasteiger partial charge in [0, 0.05) is 0 Å². The van der Waals surface area contributed by atoms with Crippen molar-refractivity contribution < 1.29 is 9.68 Å². The maximum absolute atomic E-state index is 5.59. The van der Waals surface area contributed by atoms with Gasteiger partial charge in [-0.05, 0) is 51.4 Å². The summed E-state index contributed by atoms with van der Waals surface area (Å²) in [5.74, 6) is 0. The Balaban J connectivity index is 1.52. The summed E-state index contributed by atoms with van der Waals surface area (Å²) in [5.41, 5.74) is 2.22. The highest BCUT2D eigenvalue weighted by molar-refractivity contribution is 5.84. The smallest absolute Gasteiger partial charge is 0.315 e. The van der Waals surface area contributed by atoms with Crippen LogP contribution in [0.15, 0.2) is 16.6 Å². The van der Waals surface area contributed by atoms with Gasteiger partial charge in [0.05, 0.1) is 11.4 Å². The van der Waals surface area contributed by atoms with Crippen LogP contribution in [0.3, 0.4) is 0 Å². The van der Waals surface area contributed by atoms with E-state index < -0.39 is 0 Å². The molecule has 0 N–H and O–H groups in total. The molecule has 34 heavy (non-hydrogen) atoms. The van der Waals surface area contributed by atoms with Crippen molar-refractivity contribution in [3.63, 3.8) is 0 Å². The highest BCUT2D eigenvalue weighted by atomic mass is 16.7. The minimum absolute atomic E-state index is 0.169. The summed E-state index contributed by atoms with van der Waals surface area (Å²) < 4.78 is 0. The lowest BCUT2D eigenvalue weighted by atomic mass is 10.00. The van der Waals surface area contributed by atoms with Crippen molar-refractivity contribution in [1.29, 1.82) is 0 Å². The van der Waals surface area contributed by atoms with Crippen LogP contribution in [0.5, 0.6) is 12.0 Å². The number of hydrogen-bond acceptors (Lipinski definition) is 7. The molecule has 7 heteroatoms. The summed E-state index contributed by atoms with van der Waals surface area (Å²) in [6.45, 7) is 0. The van der Waals surface area contributed by atoms with Gasteiger partial charge in [-0.15, -0.1) is 4.98 Å². The Morgan fingerprint density at radius 3 is 1.06 bits per heavy atom. The van der Waals surface area contributed by atoms with E-state index in [9.17, 15) is 0 Å². The van der Waals surface area contributed by atoms with E-state index in [4.69, 9.17) is 9.68 Å². The predicted molar refractivity (Wildman–Crippen MR) is 138 cm³/mol. The largest absolute Gasteiger partial charge is 0.351 e. The van der Waals surface area contributed by atoms with Gasteiger partial charge in [0.1, 0.15) is 6.33 Å². The third-order valence-electron chi connectivity index (χ3n) is 6.90. The first-order valence-electron chi connectivity index (χ1n) is 14.0. The Morgan fingerprint density at radius 2 is 0.735 bits per heavy atom. The SMILES string of the molecule is c1nc(ON=C2CCCCCCCCCCC2)nc(ON=C2CCCCCCCCCCC2)n1. The zero-order valence-electron chi connectivity index (χ0n) is 21.2. The van der Waals surface area contributed by atoms with E-state index in [0.717, 1.165) is 37.1 Å². The summed E-state index contributed by atoms with van der Waals surface area (Å²) >= 11 is 0. The van der Waals surface area contributed by atoms with E-state index in [1.807, 2.05) is 0 Å². The summed E-state index contributed by atoms with van der Waals surface area (Å²) in [6, 6.07) is 0.338. The summed E-state index contributed by atoms with van der Waals surface area (Å²) in [6.07, 6.45) is 28.6. The number of hydrogen-bond donors (Lipinski definition) is 0. The molecular formula is C27H45N5O2. The third kappa shape index (κ3) is 11.9. The Bertz CT molecular complexity index is 652. The van der Waals surface area contributed by atoms with E-state index in [1.54, 1.807) is 0 Å². The van der Waals surface area contributed by atoms with Gasteiger partial charge in [-0.2, -0.15) is 9.97 Å². The molecule has 2 fully saturated rings. The van der Waals surface area contributed by atoms with Crippen LogP contribution in [0.2, 0.25) is 0 Å². The van der Waals surface area contributed by atoms with E-state index in [0.29, 0.717) is 0 Å². The van der Waals surface area contributed by atoms with Crippen LogP contribution in [-0.4, -0.2) is 26.4 Å². The molecule has 2 aliphatic carbocycles. The Morgan fingerprint density at radius 1 is 0.441 bits per heavy atom. The van der Waals surface area contributed by atoms with Gasteiger partial charge in [0.2, 0.25) is 0 Å². The summed E-state index contributed by atoms with van der Waals surface area (Å²) in [4.78, 5) is 23.7. The van der Waals surface area contributed by atoms with Gasteiger partial charge in [0.25, 0.3) is 0 Å². The highest BCUT2D eigenvalue weighted by Gasteiger charge is 2.09. The average molecular weight is 472 g/mol. The first kappa shape index (κ1) is 26.6. The molecule has 0 aromatic carbocycles. The van der Waals surface area contributed by atoms with Crippen LogP contribution in [0.1, 0.15) is 141 Å². The normalized spacial score (nSPS) is 20.6. The monoisotopic (exact) mass is 471 g/mol. The standard InChI is InChI=1S/C27H45N5O2/c1-3-7-11-15-19-24(20-16-12-8-4-1)31-33-26-28-23-29-27(30-26)34-32-25-21-17-13-9-5-2-6-10-14-18-22-25/h23H,1-22H2. The van der Waals surface area contributed by atoms with Crippen molar-refractivity contribution in [2.45, 2.75) is 141 Å². The number of aromatic nitrogens is 3. The van der Waals surface area contributed by atoms with Gasteiger partial charge in [-0.3, -0.25) is 0 Å². The first-order chi connectivity index (χ1) is 16.9. The van der Waals surface area contributed by atoms with E-state index in [1.165, 1.54) is 122 Å². The highest BCUT2D eigenvalue weighted by Crippen LogP contribution is 2.18. The molecule has 2 saturated carbocycles. The lowest BCUT2D eigenvalue weighted by molar-refractivity contribution is 0.275. The molecule has 1 heterocycles. The van der Waals surface area contributed by atoms with Crippen molar-refractivity contribution in [2.24, 2.45) is 10.3 Å². The average Bonchev–Trinajstić information content (AvgIpc) is 2.84. The second-order valence-corrected chi connectivity index (χ2v) is 9.91. The van der Waals surface area contributed by atoms with Crippen LogP contribution in [0.25, 0.3) is 0 Å². The van der Waals surface area contributed by atoms with Crippen LogP contribution < -0.4 is 9.68 Å². The summed E-state index contributed by atoms with van der Waals surface area (Å²) in [5, 5.41) is 8.81. The van der Waals surface area contributed by atoms with Gasteiger partial charge < -0.3 is 9.68 Å². The van der Waals surface area contributed by atoms with Crippen LogP contribution >= 0.6 is 0 Å². The molecule has 3 rings (SSSR count). The molecule has 0 amide bonds. The van der Waals surface area contributed by atoms with Gasteiger partial charge >= 0.3 is 12.0 Å². The van der Waals surface area contributed by atoms with Gasteiger partial charge in [-0.1, -0.05) is 100 Å². The Hall–Kier alpha value is -2.05. The van der Waals surface area contributed by atoms with Crippen molar-refractivity contribution >= 4 is 11.4 Å². The molecule has 0 spiro atoms. The lowest BCUT2D eigenvalue weighted by Gasteiger charge is -2.09. The molecule has 0 saturated heterocycles. The molecule has 190 valence electrons. The molecule has 0 radical (unpaired) electrons. The molecule has 1 aromatic rings. The predicted octanol–water partition coefficient (Wildman–Crippen LogP) is 7.95. The van der Waals surface area contributed by atoms with Crippen molar-refractivity contribution in [2.75, 3.05) is 0 Å². The molecule has 2 aliphatic rings. The second kappa shape index (κ2) is 17.4. The Labute approximate surface area is 206 Å². The van der Waals surface area contributed by atoms with Gasteiger partial charge in [0.15, 0.2) is 0 Å². The molecule has 7 nitrogen and oxygen atoms in total. The first-order valence-corrected chi connectivity index (χ1v) is 14.0. The Kier molecular flexibility index (Phi) is 13.6. The molecule has 1 aromatic heterocycles. The molecular weight excluding hydrogens is 426 g/mol. The molecule has 0 atom stereocenters. The van der Waals surface area contributed by atoms with Crippen molar-refractivity contribution in [3.8, 4) is 12.0 Å². The number of oxime groups is 2. The maximum Gasteiger partial charge on any atom is 0.351 e.